The predicted octanol–water partition coefficient (Wildman–Crippen LogP) is 2.14. The lowest BCUT2D eigenvalue weighted by atomic mass is 9.89. The largest absolute Gasteiger partial charge is 0.341 e. The Morgan fingerprint density at radius 2 is 1.84 bits per heavy atom. The lowest BCUT2D eigenvalue weighted by Crippen LogP contribution is -2.46. The minimum absolute atomic E-state index is 0.0910. The molecule has 0 aliphatic carbocycles. The van der Waals surface area contributed by atoms with Crippen molar-refractivity contribution in [1.29, 1.82) is 0 Å². The zero-order chi connectivity index (χ0) is 13.1. The maximum atomic E-state index is 12.3. The van der Waals surface area contributed by atoms with Gasteiger partial charge in [0.1, 0.15) is 0 Å². The van der Waals surface area contributed by atoms with Gasteiger partial charge in [-0.15, -0.1) is 0 Å². The molecule has 1 aromatic carbocycles. The van der Waals surface area contributed by atoms with Crippen LogP contribution >= 0.6 is 0 Å². The van der Waals surface area contributed by atoms with Crippen molar-refractivity contribution in [3.63, 3.8) is 0 Å². The number of amides is 1. The van der Waals surface area contributed by atoms with Gasteiger partial charge in [-0.05, 0) is 43.7 Å². The Kier molecular flexibility index (Phi) is 3.83. The molecule has 102 valence electrons. The topological polar surface area (TPSA) is 32.3 Å². The van der Waals surface area contributed by atoms with E-state index < -0.39 is 0 Å². The Morgan fingerprint density at radius 1 is 1.11 bits per heavy atom. The van der Waals surface area contributed by atoms with E-state index in [0.717, 1.165) is 45.3 Å². The van der Waals surface area contributed by atoms with Crippen LogP contribution in [-0.4, -0.2) is 36.5 Å². The second-order valence-electron chi connectivity index (χ2n) is 5.66. The number of benzene rings is 1. The molecule has 0 saturated carbocycles. The summed E-state index contributed by atoms with van der Waals surface area (Å²) < 4.78 is 0. The maximum absolute atomic E-state index is 12.3. The van der Waals surface area contributed by atoms with Crippen LogP contribution in [0.4, 0.5) is 0 Å². The van der Waals surface area contributed by atoms with Crippen molar-refractivity contribution in [3.05, 3.63) is 35.9 Å². The summed E-state index contributed by atoms with van der Waals surface area (Å²) in [7, 11) is 0. The van der Waals surface area contributed by atoms with Gasteiger partial charge in [0, 0.05) is 13.1 Å². The van der Waals surface area contributed by atoms with Gasteiger partial charge in [0.2, 0.25) is 5.91 Å². The molecule has 0 radical (unpaired) electrons. The molecular formula is C16H22N2O. The summed E-state index contributed by atoms with van der Waals surface area (Å²) in [6.07, 6.45) is 4.35. The highest BCUT2D eigenvalue weighted by molar-refractivity contribution is 5.82. The summed E-state index contributed by atoms with van der Waals surface area (Å²) in [5.41, 5.74) is 1.42. The van der Waals surface area contributed by atoms with E-state index in [1.807, 2.05) is 0 Å². The average Bonchev–Trinajstić information content (AvgIpc) is 3.02. The highest BCUT2D eigenvalue weighted by atomic mass is 16.2. The molecule has 2 saturated heterocycles. The third kappa shape index (κ3) is 2.81. The third-order valence-corrected chi connectivity index (χ3v) is 4.44. The second-order valence-corrected chi connectivity index (χ2v) is 5.66. The van der Waals surface area contributed by atoms with Gasteiger partial charge in [-0.25, -0.2) is 0 Å². The molecule has 1 N–H and O–H groups in total. The van der Waals surface area contributed by atoms with Gasteiger partial charge < -0.3 is 10.2 Å². The molecule has 3 heteroatoms. The normalized spacial score (nSPS) is 24.6. The summed E-state index contributed by atoms with van der Waals surface area (Å²) in [5.74, 6) is 0.950. The predicted molar refractivity (Wildman–Crippen MR) is 76.0 cm³/mol. The van der Waals surface area contributed by atoms with E-state index in [9.17, 15) is 4.79 Å². The Balaban J connectivity index is 1.56. The molecule has 1 atom stereocenters. The van der Waals surface area contributed by atoms with Crippen molar-refractivity contribution in [1.82, 2.24) is 10.2 Å². The molecule has 1 aromatic rings. The Hall–Kier alpha value is -1.35. The third-order valence-electron chi connectivity index (χ3n) is 4.44. The average molecular weight is 258 g/mol. The molecule has 0 aromatic heterocycles. The van der Waals surface area contributed by atoms with E-state index in [-0.39, 0.29) is 6.04 Å². The van der Waals surface area contributed by atoms with Crippen molar-refractivity contribution in [3.8, 4) is 0 Å². The first kappa shape index (κ1) is 12.7. The van der Waals surface area contributed by atoms with Gasteiger partial charge in [0.15, 0.2) is 0 Å². The fraction of sp³-hybridized carbons (Fsp3) is 0.562. The summed E-state index contributed by atoms with van der Waals surface area (Å²) in [5, 5.41) is 3.31. The van der Waals surface area contributed by atoms with Crippen molar-refractivity contribution in [2.24, 2.45) is 0 Å². The van der Waals surface area contributed by atoms with Gasteiger partial charge in [0.05, 0.1) is 6.04 Å². The van der Waals surface area contributed by atoms with Crippen molar-refractivity contribution in [2.45, 2.75) is 37.6 Å². The molecule has 0 bridgehead atoms. The van der Waals surface area contributed by atoms with E-state index in [1.165, 1.54) is 5.56 Å². The fourth-order valence-electron chi connectivity index (χ4n) is 3.27. The van der Waals surface area contributed by atoms with Gasteiger partial charge in [-0.1, -0.05) is 30.3 Å². The van der Waals surface area contributed by atoms with Crippen molar-refractivity contribution >= 4 is 5.91 Å². The molecule has 3 rings (SSSR count). The van der Waals surface area contributed by atoms with Crippen LogP contribution in [-0.2, 0) is 4.79 Å². The van der Waals surface area contributed by atoms with E-state index in [0.29, 0.717) is 11.8 Å². The van der Waals surface area contributed by atoms with Crippen molar-refractivity contribution < 1.29 is 4.79 Å². The van der Waals surface area contributed by atoms with Gasteiger partial charge in [-0.3, -0.25) is 4.79 Å². The van der Waals surface area contributed by atoms with Crippen LogP contribution < -0.4 is 5.32 Å². The summed E-state index contributed by atoms with van der Waals surface area (Å²) in [4.78, 5) is 14.4. The Labute approximate surface area is 115 Å². The van der Waals surface area contributed by atoms with Crippen LogP contribution in [0.5, 0.6) is 0 Å². The number of carbonyl (C=O) groups excluding carboxylic acids is 1. The van der Waals surface area contributed by atoms with Gasteiger partial charge >= 0.3 is 0 Å². The highest BCUT2D eigenvalue weighted by Gasteiger charge is 2.29. The molecule has 2 aliphatic rings. The molecule has 2 aliphatic heterocycles. The number of hydrogen-bond donors (Lipinski definition) is 1. The Bertz CT molecular complexity index is 418. The smallest absolute Gasteiger partial charge is 0.239 e. The number of nitrogens with one attached hydrogen (secondary N) is 1. The second kappa shape index (κ2) is 5.74. The molecular weight excluding hydrogens is 236 g/mol. The fourth-order valence-corrected chi connectivity index (χ4v) is 3.27. The molecule has 3 nitrogen and oxygen atoms in total. The molecule has 19 heavy (non-hydrogen) atoms. The number of hydrogen-bond acceptors (Lipinski definition) is 2. The number of piperidine rings is 1. The summed E-state index contributed by atoms with van der Waals surface area (Å²) in [6, 6.07) is 10.8. The van der Waals surface area contributed by atoms with Gasteiger partial charge in [-0.2, -0.15) is 0 Å². The molecule has 2 heterocycles. The van der Waals surface area contributed by atoms with Gasteiger partial charge in [0.25, 0.3) is 0 Å². The first-order chi connectivity index (χ1) is 9.34. The highest BCUT2D eigenvalue weighted by Crippen LogP contribution is 2.28. The summed E-state index contributed by atoms with van der Waals surface area (Å²) >= 11 is 0. The van der Waals surface area contributed by atoms with E-state index in [2.05, 4.69) is 40.5 Å². The maximum Gasteiger partial charge on any atom is 0.239 e. The number of nitrogens with zero attached hydrogens (tertiary/aromatic N) is 1. The van der Waals surface area contributed by atoms with Crippen LogP contribution in [0.15, 0.2) is 30.3 Å². The zero-order valence-corrected chi connectivity index (χ0v) is 11.3. The van der Waals surface area contributed by atoms with Crippen LogP contribution in [0.25, 0.3) is 0 Å². The lowest BCUT2D eigenvalue weighted by Gasteiger charge is -2.33. The first-order valence-corrected chi connectivity index (χ1v) is 7.42. The molecule has 1 amide bonds. The monoisotopic (exact) mass is 258 g/mol. The molecule has 0 spiro atoms. The van der Waals surface area contributed by atoms with E-state index in [1.54, 1.807) is 0 Å². The van der Waals surface area contributed by atoms with Crippen LogP contribution in [0.2, 0.25) is 0 Å². The molecule has 2 fully saturated rings. The quantitative estimate of drug-likeness (QED) is 0.881. The minimum atomic E-state index is 0.0910. The van der Waals surface area contributed by atoms with Crippen molar-refractivity contribution in [2.75, 3.05) is 19.6 Å². The lowest BCUT2D eigenvalue weighted by molar-refractivity contribution is -0.134. The minimum Gasteiger partial charge on any atom is -0.341 e. The SMILES string of the molecule is O=C([C@@H]1CCCN1)N1CCC(c2ccccc2)CC1. The number of rotatable bonds is 2. The van der Waals surface area contributed by atoms with E-state index in [4.69, 9.17) is 0 Å². The zero-order valence-electron chi connectivity index (χ0n) is 11.3. The first-order valence-electron chi connectivity index (χ1n) is 7.42. The number of likely N-dealkylation sites (tertiary alicyclic amines) is 1. The van der Waals surface area contributed by atoms with Crippen LogP contribution in [0.3, 0.4) is 0 Å². The van der Waals surface area contributed by atoms with Crippen LogP contribution in [0, 0.1) is 0 Å². The van der Waals surface area contributed by atoms with Crippen LogP contribution in [0.1, 0.15) is 37.2 Å². The number of carbonyl (C=O) groups is 1. The van der Waals surface area contributed by atoms with E-state index >= 15 is 0 Å². The summed E-state index contributed by atoms with van der Waals surface area (Å²) in [6.45, 7) is 2.82. The standard InChI is InChI=1S/C16H22N2O/c19-16(15-7-4-10-17-15)18-11-8-14(9-12-18)13-5-2-1-3-6-13/h1-3,5-6,14-15,17H,4,7-12H2/t15-/m0/s1. The Morgan fingerprint density at radius 3 is 2.47 bits per heavy atom. The molecule has 0 unspecified atom stereocenters.